The highest BCUT2D eigenvalue weighted by atomic mass is 79.9. The van der Waals surface area contributed by atoms with Crippen molar-refractivity contribution in [3.63, 3.8) is 0 Å². The summed E-state index contributed by atoms with van der Waals surface area (Å²) in [5.41, 5.74) is 0. The van der Waals surface area contributed by atoms with Crippen LogP contribution in [0.1, 0.15) is 0 Å². The van der Waals surface area contributed by atoms with Gasteiger partial charge >= 0.3 is 0 Å². The Morgan fingerprint density at radius 2 is 2.23 bits per heavy atom. The van der Waals surface area contributed by atoms with Crippen molar-refractivity contribution >= 4 is 36.5 Å². The molecule has 72 valence electrons. The van der Waals surface area contributed by atoms with Crippen molar-refractivity contribution in [1.29, 1.82) is 0 Å². The third kappa shape index (κ3) is 2.65. The van der Waals surface area contributed by atoms with Crippen molar-refractivity contribution in [2.75, 3.05) is 12.5 Å². The quantitative estimate of drug-likeness (QED) is 0.708. The first kappa shape index (κ1) is 10.4. The lowest BCUT2D eigenvalue weighted by Crippen LogP contribution is -1.95. The minimum absolute atomic E-state index is 0.440. The zero-order valence-electron chi connectivity index (χ0n) is 7.48. The molecule has 0 aromatic carbocycles. The Balaban J connectivity index is 3.35. The van der Waals surface area contributed by atoms with Gasteiger partial charge in [0, 0.05) is 7.05 Å². The predicted molar refractivity (Wildman–Crippen MR) is 55.7 cm³/mol. The highest BCUT2D eigenvalue weighted by Gasteiger charge is 2.03. The van der Waals surface area contributed by atoms with Crippen molar-refractivity contribution < 1.29 is 4.79 Å². The van der Waals surface area contributed by atoms with Gasteiger partial charge in [-0.1, -0.05) is 9.41 Å². The SMILES string of the molecule is Cn1nc(Br)nc1N=S(C)(C)=C=O. The summed E-state index contributed by atoms with van der Waals surface area (Å²) in [6.45, 7) is 0. The van der Waals surface area contributed by atoms with Crippen molar-refractivity contribution in [1.82, 2.24) is 14.8 Å². The molecule has 0 bridgehead atoms. The fourth-order valence-electron chi connectivity index (χ4n) is 0.648. The van der Waals surface area contributed by atoms with E-state index in [1.165, 1.54) is 4.68 Å². The van der Waals surface area contributed by atoms with E-state index in [9.17, 15) is 4.79 Å². The zero-order chi connectivity index (χ0) is 10.1. The number of nitrogens with zero attached hydrogens (tertiary/aromatic N) is 4. The average molecular weight is 265 g/mol. The highest BCUT2D eigenvalue weighted by Crippen LogP contribution is 2.12. The van der Waals surface area contributed by atoms with Crippen LogP contribution in [0.15, 0.2) is 9.10 Å². The van der Waals surface area contributed by atoms with Crippen molar-refractivity contribution in [3.05, 3.63) is 4.73 Å². The molecule has 0 aliphatic heterocycles. The summed E-state index contributed by atoms with van der Waals surface area (Å²) >= 11 is 3.12. The summed E-state index contributed by atoms with van der Waals surface area (Å²) < 4.78 is 6.13. The number of aromatic nitrogens is 3. The van der Waals surface area contributed by atoms with Crippen molar-refractivity contribution in [2.45, 2.75) is 0 Å². The van der Waals surface area contributed by atoms with E-state index in [4.69, 9.17) is 0 Å². The van der Waals surface area contributed by atoms with Crippen molar-refractivity contribution in [2.24, 2.45) is 11.4 Å². The molecule has 1 heterocycles. The molecule has 0 atom stereocenters. The number of hydrogen-bond donors (Lipinski definition) is 0. The van der Waals surface area contributed by atoms with Crippen LogP contribution < -0.4 is 0 Å². The average Bonchev–Trinajstić information content (AvgIpc) is 2.30. The Labute approximate surface area is 84.9 Å². The predicted octanol–water partition coefficient (Wildman–Crippen LogP) is 0.873. The number of aryl methyl sites for hydroxylation is 1. The fourth-order valence-corrected chi connectivity index (χ4v) is 1.65. The maximum Gasteiger partial charge on any atom is 0.254 e. The molecule has 0 aliphatic rings. The smallest absolute Gasteiger partial charge is 0.232 e. The van der Waals surface area contributed by atoms with Gasteiger partial charge in [-0.3, -0.25) is 0 Å². The standard InChI is InChI=1S/C6H9BrN4OS/c1-11-6(8-5(7)9-11)10-13(2,3)4-12/h1-3H3. The second kappa shape index (κ2) is 3.61. The van der Waals surface area contributed by atoms with Crippen LogP contribution in [0.5, 0.6) is 0 Å². The molecular weight excluding hydrogens is 256 g/mol. The van der Waals surface area contributed by atoms with E-state index in [0.29, 0.717) is 10.7 Å². The van der Waals surface area contributed by atoms with Gasteiger partial charge in [0.05, 0.1) is 0 Å². The van der Waals surface area contributed by atoms with Gasteiger partial charge in [0.1, 0.15) is 0 Å². The van der Waals surface area contributed by atoms with Gasteiger partial charge < -0.3 is 0 Å². The van der Waals surface area contributed by atoms with Crippen LogP contribution in [0.3, 0.4) is 0 Å². The van der Waals surface area contributed by atoms with Crippen LogP contribution in [-0.4, -0.2) is 32.5 Å². The lowest BCUT2D eigenvalue weighted by Gasteiger charge is -1.96. The van der Waals surface area contributed by atoms with E-state index < -0.39 is 9.41 Å². The summed E-state index contributed by atoms with van der Waals surface area (Å²) in [6, 6.07) is 0. The maximum atomic E-state index is 10.5. The molecule has 0 unspecified atom stereocenters. The van der Waals surface area contributed by atoms with E-state index in [-0.39, 0.29) is 0 Å². The van der Waals surface area contributed by atoms with Crippen LogP contribution in [0.25, 0.3) is 0 Å². The molecule has 0 saturated carbocycles. The molecule has 0 spiro atoms. The molecule has 1 aromatic rings. The highest BCUT2D eigenvalue weighted by molar-refractivity contribution is 9.10. The third-order valence-electron chi connectivity index (χ3n) is 1.23. The summed E-state index contributed by atoms with van der Waals surface area (Å²) in [5, 5.41) is 5.84. The van der Waals surface area contributed by atoms with E-state index in [1.807, 2.05) is 5.23 Å². The normalized spacial score (nSPS) is 11.1. The van der Waals surface area contributed by atoms with Gasteiger partial charge in [0.15, 0.2) is 5.23 Å². The van der Waals surface area contributed by atoms with Gasteiger partial charge in [0.25, 0.3) is 5.95 Å². The van der Waals surface area contributed by atoms with E-state index in [1.54, 1.807) is 19.6 Å². The van der Waals surface area contributed by atoms with E-state index >= 15 is 0 Å². The summed E-state index contributed by atoms with van der Waals surface area (Å²) in [4.78, 5) is 14.5. The fraction of sp³-hybridized carbons (Fsp3) is 0.500. The summed E-state index contributed by atoms with van der Waals surface area (Å²) in [5.74, 6) is 0.440. The van der Waals surface area contributed by atoms with Crippen LogP contribution in [-0.2, 0) is 21.3 Å². The Hall–Kier alpha value is -0.650. The van der Waals surface area contributed by atoms with Crippen LogP contribution >= 0.6 is 15.9 Å². The molecule has 0 amide bonds. The first-order valence-electron chi connectivity index (χ1n) is 3.36. The maximum absolute atomic E-state index is 10.5. The Morgan fingerprint density at radius 3 is 2.62 bits per heavy atom. The van der Waals surface area contributed by atoms with Crippen LogP contribution in [0, 0.1) is 0 Å². The number of rotatable bonds is 1. The number of carbonyl (C=O) groups excluding carboxylic acids is 1. The molecular formula is C6H9BrN4OS. The second-order valence-electron chi connectivity index (χ2n) is 2.75. The monoisotopic (exact) mass is 264 g/mol. The van der Waals surface area contributed by atoms with Crippen LogP contribution in [0.4, 0.5) is 5.95 Å². The molecule has 0 fully saturated rings. The molecule has 1 aromatic heterocycles. The first-order chi connectivity index (χ1) is 5.94. The Bertz CT molecular complexity index is 457. The zero-order valence-corrected chi connectivity index (χ0v) is 9.89. The summed E-state index contributed by atoms with van der Waals surface area (Å²) in [6.07, 6.45) is 3.48. The van der Waals surface area contributed by atoms with Gasteiger partial charge in [-0.2, -0.15) is 9.35 Å². The lowest BCUT2D eigenvalue weighted by atomic mass is 11.0. The second-order valence-corrected chi connectivity index (χ2v) is 6.36. The van der Waals surface area contributed by atoms with Gasteiger partial charge in [0.2, 0.25) is 4.73 Å². The summed E-state index contributed by atoms with van der Waals surface area (Å²) in [7, 11) is 0.0127. The minimum Gasteiger partial charge on any atom is -0.232 e. The van der Waals surface area contributed by atoms with Gasteiger partial charge in [-0.15, -0.1) is 5.10 Å². The van der Waals surface area contributed by atoms with Crippen molar-refractivity contribution in [3.8, 4) is 0 Å². The Kier molecular flexibility index (Phi) is 2.90. The molecule has 13 heavy (non-hydrogen) atoms. The van der Waals surface area contributed by atoms with Crippen LogP contribution in [0.2, 0.25) is 0 Å². The molecule has 0 radical (unpaired) electrons. The molecule has 0 saturated heterocycles. The van der Waals surface area contributed by atoms with Gasteiger partial charge in [-0.25, -0.2) is 9.48 Å². The molecule has 0 aliphatic carbocycles. The first-order valence-corrected chi connectivity index (χ1v) is 6.56. The van der Waals surface area contributed by atoms with E-state index in [0.717, 1.165) is 0 Å². The molecule has 7 heteroatoms. The van der Waals surface area contributed by atoms with E-state index in [2.05, 4.69) is 30.4 Å². The largest absolute Gasteiger partial charge is 0.254 e. The third-order valence-corrected chi connectivity index (χ3v) is 2.59. The number of hydrogen-bond acceptors (Lipinski definition) is 4. The molecule has 0 N–H and O–H groups in total. The molecule has 5 nitrogen and oxygen atoms in total. The van der Waals surface area contributed by atoms with Gasteiger partial charge in [-0.05, 0) is 28.4 Å². The molecule has 1 rings (SSSR count). The number of halogens is 1. The topological polar surface area (TPSA) is 60.1 Å². The lowest BCUT2D eigenvalue weighted by molar-refractivity contribution is 0.571. The Morgan fingerprint density at radius 1 is 1.62 bits per heavy atom. The minimum atomic E-state index is -1.71.